The highest BCUT2D eigenvalue weighted by Gasteiger charge is 2.10. The van der Waals surface area contributed by atoms with Gasteiger partial charge in [-0.3, -0.25) is 0 Å². The predicted molar refractivity (Wildman–Crippen MR) is 80.1 cm³/mol. The third-order valence-electron chi connectivity index (χ3n) is 3.08. The summed E-state index contributed by atoms with van der Waals surface area (Å²) < 4.78 is 11.0. The SMILES string of the molecule is CCc1cc(C)cc(OCOc2ccccc2C(=O)O)c1. The van der Waals surface area contributed by atoms with Crippen LogP contribution < -0.4 is 9.47 Å². The molecule has 0 saturated heterocycles. The Kier molecular flexibility index (Phi) is 4.82. The Hall–Kier alpha value is -2.49. The number of ether oxygens (including phenoxy) is 2. The molecule has 4 nitrogen and oxygen atoms in total. The van der Waals surface area contributed by atoms with Gasteiger partial charge in [-0.15, -0.1) is 0 Å². The third kappa shape index (κ3) is 3.99. The summed E-state index contributed by atoms with van der Waals surface area (Å²) in [7, 11) is 0. The second-order valence-corrected chi connectivity index (χ2v) is 4.72. The van der Waals surface area contributed by atoms with Gasteiger partial charge in [0, 0.05) is 0 Å². The van der Waals surface area contributed by atoms with Crippen LogP contribution in [0.4, 0.5) is 0 Å². The molecule has 2 rings (SSSR count). The molecule has 0 radical (unpaired) electrons. The number of carboxylic acids is 1. The van der Waals surface area contributed by atoms with E-state index in [4.69, 9.17) is 14.6 Å². The zero-order chi connectivity index (χ0) is 15.2. The normalized spacial score (nSPS) is 10.2. The lowest BCUT2D eigenvalue weighted by molar-refractivity contribution is 0.0682. The lowest BCUT2D eigenvalue weighted by Crippen LogP contribution is -2.09. The van der Waals surface area contributed by atoms with Crippen LogP contribution in [0.3, 0.4) is 0 Å². The van der Waals surface area contributed by atoms with E-state index in [0.717, 1.165) is 17.7 Å². The van der Waals surface area contributed by atoms with Gasteiger partial charge in [-0.05, 0) is 48.7 Å². The number of carboxylic acid groups (broad SMARTS) is 1. The van der Waals surface area contributed by atoms with Crippen LogP contribution in [0.1, 0.15) is 28.4 Å². The molecular weight excluding hydrogens is 268 g/mol. The molecule has 0 atom stereocenters. The summed E-state index contributed by atoms with van der Waals surface area (Å²) in [6.45, 7) is 4.06. The van der Waals surface area contributed by atoms with E-state index < -0.39 is 5.97 Å². The van der Waals surface area contributed by atoms with Gasteiger partial charge in [0.25, 0.3) is 0 Å². The van der Waals surface area contributed by atoms with Crippen molar-refractivity contribution in [3.63, 3.8) is 0 Å². The number of hydrogen-bond acceptors (Lipinski definition) is 3. The highest BCUT2D eigenvalue weighted by atomic mass is 16.7. The molecule has 0 fully saturated rings. The van der Waals surface area contributed by atoms with E-state index in [0.29, 0.717) is 5.75 Å². The first-order chi connectivity index (χ1) is 10.1. The molecular formula is C17H18O4. The Bertz CT molecular complexity index is 634. The van der Waals surface area contributed by atoms with Gasteiger partial charge in [-0.2, -0.15) is 0 Å². The second-order valence-electron chi connectivity index (χ2n) is 4.72. The van der Waals surface area contributed by atoms with Crippen LogP contribution >= 0.6 is 0 Å². The molecule has 110 valence electrons. The Labute approximate surface area is 123 Å². The highest BCUT2D eigenvalue weighted by Crippen LogP contribution is 2.20. The van der Waals surface area contributed by atoms with E-state index in [2.05, 4.69) is 13.0 Å². The number of para-hydroxylation sites is 1. The summed E-state index contributed by atoms with van der Waals surface area (Å²) in [6.07, 6.45) is 0.931. The van der Waals surface area contributed by atoms with Crippen molar-refractivity contribution in [2.24, 2.45) is 0 Å². The van der Waals surface area contributed by atoms with Gasteiger partial charge in [0.1, 0.15) is 17.1 Å². The lowest BCUT2D eigenvalue weighted by Gasteiger charge is -2.11. The second kappa shape index (κ2) is 6.79. The fourth-order valence-corrected chi connectivity index (χ4v) is 2.04. The van der Waals surface area contributed by atoms with Gasteiger partial charge in [0.05, 0.1) is 0 Å². The van der Waals surface area contributed by atoms with E-state index >= 15 is 0 Å². The predicted octanol–water partition coefficient (Wildman–Crippen LogP) is 3.67. The molecule has 21 heavy (non-hydrogen) atoms. The minimum absolute atomic E-state index is 0.0309. The average molecular weight is 286 g/mol. The molecule has 0 aromatic heterocycles. The number of carbonyl (C=O) groups is 1. The number of aromatic carboxylic acids is 1. The summed E-state index contributed by atoms with van der Waals surface area (Å²) in [5.74, 6) is 0.00227. The molecule has 0 aliphatic carbocycles. The van der Waals surface area contributed by atoms with Gasteiger partial charge in [-0.25, -0.2) is 4.79 Å². The van der Waals surface area contributed by atoms with Gasteiger partial charge in [0.15, 0.2) is 0 Å². The summed E-state index contributed by atoms with van der Waals surface area (Å²) >= 11 is 0. The zero-order valence-corrected chi connectivity index (χ0v) is 12.1. The van der Waals surface area contributed by atoms with Crippen molar-refractivity contribution in [1.82, 2.24) is 0 Å². The summed E-state index contributed by atoms with van der Waals surface area (Å²) in [5, 5.41) is 9.07. The molecule has 0 aliphatic heterocycles. The first-order valence-corrected chi connectivity index (χ1v) is 6.78. The van der Waals surface area contributed by atoms with E-state index in [1.165, 1.54) is 11.6 Å². The van der Waals surface area contributed by atoms with E-state index in [1.54, 1.807) is 18.2 Å². The third-order valence-corrected chi connectivity index (χ3v) is 3.08. The molecule has 0 amide bonds. The zero-order valence-electron chi connectivity index (χ0n) is 12.1. The van der Waals surface area contributed by atoms with Gasteiger partial charge < -0.3 is 14.6 Å². The van der Waals surface area contributed by atoms with E-state index in [-0.39, 0.29) is 12.4 Å². The number of benzene rings is 2. The molecule has 0 saturated carbocycles. The van der Waals surface area contributed by atoms with Crippen molar-refractivity contribution in [3.8, 4) is 11.5 Å². The number of rotatable bonds is 6. The standard InChI is InChI=1S/C17H18O4/c1-3-13-8-12(2)9-14(10-13)20-11-21-16-7-5-4-6-15(16)17(18)19/h4-10H,3,11H2,1-2H3,(H,18,19). The van der Waals surface area contributed by atoms with Crippen molar-refractivity contribution in [1.29, 1.82) is 0 Å². The maximum atomic E-state index is 11.1. The van der Waals surface area contributed by atoms with Crippen molar-refractivity contribution >= 4 is 5.97 Å². The number of aryl methyl sites for hydroxylation is 2. The van der Waals surface area contributed by atoms with Crippen LogP contribution in [-0.4, -0.2) is 17.9 Å². The molecule has 0 aliphatic rings. The maximum absolute atomic E-state index is 11.1. The van der Waals surface area contributed by atoms with Crippen LogP contribution in [0.2, 0.25) is 0 Å². The first-order valence-electron chi connectivity index (χ1n) is 6.78. The molecule has 2 aromatic carbocycles. The van der Waals surface area contributed by atoms with Crippen LogP contribution in [0, 0.1) is 6.92 Å². The average Bonchev–Trinajstić information content (AvgIpc) is 2.47. The van der Waals surface area contributed by atoms with Crippen LogP contribution in [0.25, 0.3) is 0 Å². The first kappa shape index (κ1) is 14.9. The van der Waals surface area contributed by atoms with Gasteiger partial charge in [-0.1, -0.05) is 25.1 Å². The van der Waals surface area contributed by atoms with E-state index in [1.807, 2.05) is 19.1 Å². The Morgan fingerprint density at radius 2 is 1.90 bits per heavy atom. The van der Waals surface area contributed by atoms with Crippen LogP contribution in [-0.2, 0) is 6.42 Å². The number of hydrogen-bond donors (Lipinski definition) is 1. The monoisotopic (exact) mass is 286 g/mol. The highest BCUT2D eigenvalue weighted by molar-refractivity contribution is 5.90. The maximum Gasteiger partial charge on any atom is 0.339 e. The van der Waals surface area contributed by atoms with Gasteiger partial charge >= 0.3 is 5.97 Å². The van der Waals surface area contributed by atoms with E-state index in [9.17, 15) is 4.79 Å². The molecule has 4 heteroatoms. The minimum atomic E-state index is -1.02. The fraction of sp³-hybridized carbons (Fsp3) is 0.235. The molecule has 0 spiro atoms. The van der Waals surface area contributed by atoms with Crippen molar-refractivity contribution < 1.29 is 19.4 Å². The summed E-state index contributed by atoms with van der Waals surface area (Å²) in [4.78, 5) is 11.1. The van der Waals surface area contributed by atoms with Gasteiger partial charge in [0.2, 0.25) is 6.79 Å². The Morgan fingerprint density at radius 1 is 1.14 bits per heavy atom. The van der Waals surface area contributed by atoms with Crippen molar-refractivity contribution in [2.45, 2.75) is 20.3 Å². The molecule has 1 N–H and O–H groups in total. The fourth-order valence-electron chi connectivity index (χ4n) is 2.04. The molecule has 0 unspecified atom stereocenters. The quantitative estimate of drug-likeness (QED) is 0.823. The van der Waals surface area contributed by atoms with Crippen LogP contribution in [0.15, 0.2) is 42.5 Å². The molecule has 0 heterocycles. The lowest BCUT2D eigenvalue weighted by atomic mass is 10.1. The summed E-state index contributed by atoms with van der Waals surface area (Å²) in [6, 6.07) is 12.5. The summed E-state index contributed by atoms with van der Waals surface area (Å²) in [5.41, 5.74) is 2.44. The minimum Gasteiger partial charge on any atom is -0.478 e. The topological polar surface area (TPSA) is 55.8 Å². The Balaban J connectivity index is 2.02. The molecule has 0 bridgehead atoms. The Morgan fingerprint density at radius 3 is 2.62 bits per heavy atom. The van der Waals surface area contributed by atoms with Crippen molar-refractivity contribution in [3.05, 3.63) is 59.2 Å². The smallest absolute Gasteiger partial charge is 0.339 e. The molecule has 2 aromatic rings. The van der Waals surface area contributed by atoms with Crippen LogP contribution in [0.5, 0.6) is 11.5 Å². The largest absolute Gasteiger partial charge is 0.478 e. The van der Waals surface area contributed by atoms with Crippen molar-refractivity contribution in [2.75, 3.05) is 6.79 Å².